The van der Waals surface area contributed by atoms with Gasteiger partial charge in [0.2, 0.25) is 11.6 Å². The van der Waals surface area contributed by atoms with Gasteiger partial charge in [0.05, 0.1) is 0 Å². The minimum absolute atomic E-state index is 0.197. The number of allylic oxidation sites excluding steroid dienone is 4. The van der Waals surface area contributed by atoms with Gasteiger partial charge in [0.15, 0.2) is 0 Å². The largest absolute Gasteiger partial charge is 0.290 e. The van der Waals surface area contributed by atoms with Gasteiger partial charge in [-0.05, 0) is 84.8 Å². The molecule has 0 aromatic heterocycles. The molecule has 2 heteroatoms. The average molecular weight is 326 g/mol. The van der Waals surface area contributed by atoms with E-state index in [1.165, 1.54) is 49.7 Å². The molecule has 4 atom stereocenters. The molecule has 0 radical (unpaired) electrons. The van der Waals surface area contributed by atoms with E-state index in [2.05, 4.69) is 20.8 Å². The van der Waals surface area contributed by atoms with Crippen LogP contribution >= 0.6 is 0 Å². The molecule has 0 aliphatic heterocycles. The van der Waals surface area contributed by atoms with Gasteiger partial charge < -0.3 is 0 Å². The van der Waals surface area contributed by atoms with Crippen LogP contribution in [0.15, 0.2) is 22.8 Å². The Labute approximate surface area is 145 Å². The number of hydrogen-bond acceptors (Lipinski definition) is 2. The number of ketones is 2. The van der Waals surface area contributed by atoms with Gasteiger partial charge in [-0.2, -0.15) is 0 Å². The molecule has 4 aliphatic rings. The lowest BCUT2D eigenvalue weighted by Gasteiger charge is -2.53. The zero-order chi connectivity index (χ0) is 17.1. The summed E-state index contributed by atoms with van der Waals surface area (Å²) in [6.45, 7) is 7.41. The van der Waals surface area contributed by atoms with Gasteiger partial charge in [0.25, 0.3) is 0 Å². The second-order valence-corrected chi connectivity index (χ2v) is 9.16. The Morgan fingerprint density at radius 1 is 1.12 bits per heavy atom. The Morgan fingerprint density at radius 2 is 1.92 bits per heavy atom. The summed E-state index contributed by atoms with van der Waals surface area (Å²) >= 11 is 0. The van der Waals surface area contributed by atoms with E-state index >= 15 is 0 Å². The highest BCUT2D eigenvalue weighted by molar-refractivity contribution is 6.43. The lowest BCUT2D eigenvalue weighted by molar-refractivity contribution is -0.133. The fourth-order valence-electron chi connectivity index (χ4n) is 6.73. The molecular formula is C22H30O2. The second kappa shape index (κ2) is 5.41. The quantitative estimate of drug-likeness (QED) is 0.655. The first-order valence-corrected chi connectivity index (χ1v) is 9.89. The van der Waals surface area contributed by atoms with Crippen molar-refractivity contribution in [1.29, 1.82) is 0 Å². The molecule has 0 amide bonds. The van der Waals surface area contributed by atoms with Crippen LogP contribution in [-0.2, 0) is 9.59 Å². The number of carbonyl (C=O) groups is 2. The molecule has 0 bridgehead atoms. The third-order valence-corrected chi connectivity index (χ3v) is 8.27. The summed E-state index contributed by atoms with van der Waals surface area (Å²) in [7, 11) is 0. The zero-order valence-corrected chi connectivity index (χ0v) is 15.4. The van der Waals surface area contributed by atoms with Crippen LogP contribution in [-0.4, -0.2) is 11.6 Å². The number of carbonyl (C=O) groups excluding carboxylic acids is 2. The Kier molecular flexibility index (Phi) is 3.67. The van der Waals surface area contributed by atoms with Crippen molar-refractivity contribution in [3.63, 3.8) is 0 Å². The molecule has 0 saturated heterocycles. The summed E-state index contributed by atoms with van der Waals surface area (Å²) in [5, 5.41) is 0. The lowest BCUT2D eigenvalue weighted by atomic mass is 9.52. The van der Waals surface area contributed by atoms with Crippen LogP contribution in [0.5, 0.6) is 0 Å². The van der Waals surface area contributed by atoms with Crippen LogP contribution in [0.25, 0.3) is 0 Å². The summed E-state index contributed by atoms with van der Waals surface area (Å²) in [5.74, 6) is 0.970. The van der Waals surface area contributed by atoms with Gasteiger partial charge >= 0.3 is 0 Å². The molecular weight excluding hydrogens is 296 g/mol. The molecule has 0 unspecified atom stereocenters. The predicted octanol–water partition coefficient (Wildman–Crippen LogP) is 5.18. The first-order chi connectivity index (χ1) is 11.4. The van der Waals surface area contributed by atoms with Crippen molar-refractivity contribution in [3.05, 3.63) is 22.8 Å². The van der Waals surface area contributed by atoms with Gasteiger partial charge in [-0.1, -0.05) is 32.8 Å². The normalized spacial score (nSPS) is 41.7. The number of hydrogen-bond donors (Lipinski definition) is 0. The van der Waals surface area contributed by atoms with Gasteiger partial charge in [-0.25, -0.2) is 0 Å². The average Bonchev–Trinajstić information content (AvgIpc) is 2.81. The molecule has 0 aromatic carbocycles. The Morgan fingerprint density at radius 3 is 2.67 bits per heavy atom. The Balaban J connectivity index is 1.72. The summed E-state index contributed by atoms with van der Waals surface area (Å²) in [5.41, 5.74) is 4.94. The number of Topliss-reactive ketones (excluding diaryl/α,β-unsaturated/α-hetero) is 1. The van der Waals surface area contributed by atoms with Gasteiger partial charge in [-0.3, -0.25) is 9.59 Å². The van der Waals surface area contributed by atoms with E-state index < -0.39 is 0 Å². The third-order valence-electron chi connectivity index (χ3n) is 8.27. The SMILES string of the molecule is CCC[C@@]1(C)CC[C@H]2[C@@H]3CCC4=CC(=O)C(=O)CC4=C3CC[C@@]21C. The van der Waals surface area contributed by atoms with Crippen LogP contribution in [0.4, 0.5) is 0 Å². The molecule has 0 aromatic rings. The van der Waals surface area contributed by atoms with Crippen molar-refractivity contribution >= 4 is 11.6 Å². The first-order valence-electron chi connectivity index (χ1n) is 9.89. The highest BCUT2D eigenvalue weighted by Crippen LogP contribution is 2.67. The van der Waals surface area contributed by atoms with Gasteiger partial charge in [0, 0.05) is 6.42 Å². The van der Waals surface area contributed by atoms with Crippen LogP contribution in [0, 0.1) is 22.7 Å². The van der Waals surface area contributed by atoms with E-state index in [9.17, 15) is 9.59 Å². The van der Waals surface area contributed by atoms with Gasteiger partial charge in [-0.15, -0.1) is 0 Å². The minimum atomic E-state index is -0.273. The Hall–Kier alpha value is -1.18. The highest BCUT2D eigenvalue weighted by atomic mass is 16.2. The second-order valence-electron chi connectivity index (χ2n) is 9.16. The zero-order valence-electron chi connectivity index (χ0n) is 15.4. The number of fused-ring (bicyclic) bond motifs is 4. The van der Waals surface area contributed by atoms with E-state index in [4.69, 9.17) is 0 Å². The smallest absolute Gasteiger partial charge is 0.222 e. The lowest BCUT2D eigenvalue weighted by Crippen LogP contribution is -2.44. The fraction of sp³-hybridized carbons (Fsp3) is 0.727. The summed E-state index contributed by atoms with van der Waals surface area (Å²) in [6, 6.07) is 0. The van der Waals surface area contributed by atoms with Crippen LogP contribution < -0.4 is 0 Å². The van der Waals surface area contributed by atoms with E-state index in [-0.39, 0.29) is 11.6 Å². The van der Waals surface area contributed by atoms with Crippen molar-refractivity contribution < 1.29 is 9.59 Å². The molecule has 4 aliphatic carbocycles. The first kappa shape index (κ1) is 16.3. The van der Waals surface area contributed by atoms with Crippen molar-refractivity contribution in [2.24, 2.45) is 22.7 Å². The maximum absolute atomic E-state index is 12.0. The maximum Gasteiger partial charge on any atom is 0.222 e. The van der Waals surface area contributed by atoms with E-state index in [0.717, 1.165) is 18.8 Å². The monoisotopic (exact) mass is 326 g/mol. The molecule has 24 heavy (non-hydrogen) atoms. The molecule has 0 spiro atoms. The van der Waals surface area contributed by atoms with E-state index in [0.29, 0.717) is 23.2 Å². The fourth-order valence-corrected chi connectivity index (χ4v) is 6.73. The number of rotatable bonds is 2. The van der Waals surface area contributed by atoms with Crippen molar-refractivity contribution in [2.75, 3.05) is 0 Å². The minimum Gasteiger partial charge on any atom is -0.290 e. The summed E-state index contributed by atoms with van der Waals surface area (Å²) < 4.78 is 0. The molecule has 4 rings (SSSR count). The maximum atomic E-state index is 12.0. The van der Waals surface area contributed by atoms with Crippen molar-refractivity contribution in [3.8, 4) is 0 Å². The molecule has 2 fully saturated rings. The molecule has 2 saturated carbocycles. The standard InChI is InChI=1S/C22H30O2/c1-4-9-21(2)10-8-18-16-6-5-14-12-19(23)20(24)13-17(14)15(16)7-11-22(18,21)3/h12,16,18H,4-11,13H2,1-3H3/t16-,18+,21+,22+/m1/s1. The van der Waals surface area contributed by atoms with Crippen molar-refractivity contribution in [2.45, 2.75) is 78.6 Å². The van der Waals surface area contributed by atoms with Crippen LogP contribution in [0.2, 0.25) is 0 Å². The molecule has 0 heterocycles. The third kappa shape index (κ3) is 2.07. The van der Waals surface area contributed by atoms with Gasteiger partial charge in [0.1, 0.15) is 0 Å². The van der Waals surface area contributed by atoms with Crippen LogP contribution in [0.3, 0.4) is 0 Å². The summed E-state index contributed by atoms with van der Waals surface area (Å²) in [6.07, 6.45) is 12.0. The molecule has 2 nitrogen and oxygen atoms in total. The highest BCUT2D eigenvalue weighted by Gasteiger charge is 2.58. The van der Waals surface area contributed by atoms with Crippen molar-refractivity contribution in [1.82, 2.24) is 0 Å². The molecule has 0 N–H and O–H groups in total. The van der Waals surface area contributed by atoms with E-state index in [1.54, 1.807) is 11.6 Å². The Bertz CT molecular complexity index is 667. The predicted molar refractivity (Wildman–Crippen MR) is 95.5 cm³/mol. The van der Waals surface area contributed by atoms with E-state index in [1.807, 2.05) is 0 Å². The van der Waals surface area contributed by atoms with Crippen LogP contribution in [0.1, 0.15) is 78.6 Å². The molecule has 130 valence electrons. The summed E-state index contributed by atoms with van der Waals surface area (Å²) in [4.78, 5) is 23.7. The topological polar surface area (TPSA) is 34.1 Å².